The van der Waals surface area contributed by atoms with Crippen LogP contribution in [0.2, 0.25) is 0 Å². The van der Waals surface area contributed by atoms with Crippen molar-refractivity contribution in [2.24, 2.45) is 5.41 Å². The van der Waals surface area contributed by atoms with Gasteiger partial charge in [0.05, 0.1) is 0 Å². The molecule has 1 rings (SSSR count). The van der Waals surface area contributed by atoms with Crippen molar-refractivity contribution in [2.75, 3.05) is 11.9 Å². The van der Waals surface area contributed by atoms with Gasteiger partial charge < -0.3 is 5.32 Å². The Labute approximate surface area is 85.3 Å². The fraction of sp³-hybridized carbons (Fsp3) is 0.500. The van der Waals surface area contributed by atoms with Crippen molar-refractivity contribution in [3.8, 4) is 0 Å². The summed E-state index contributed by atoms with van der Waals surface area (Å²) in [6, 6.07) is 5.11. The summed E-state index contributed by atoms with van der Waals surface area (Å²) < 4.78 is 12.9. The Balaban J connectivity index is 2.65. The molecule has 0 saturated carbocycles. The van der Waals surface area contributed by atoms with Crippen molar-refractivity contribution in [3.63, 3.8) is 0 Å². The van der Waals surface area contributed by atoms with Crippen molar-refractivity contribution in [2.45, 2.75) is 27.7 Å². The van der Waals surface area contributed by atoms with Gasteiger partial charge in [0.25, 0.3) is 0 Å². The lowest BCUT2D eigenvalue weighted by molar-refractivity contribution is 0.443. The molecule has 2 heteroatoms. The van der Waals surface area contributed by atoms with Gasteiger partial charge >= 0.3 is 0 Å². The van der Waals surface area contributed by atoms with Crippen LogP contribution in [-0.4, -0.2) is 6.54 Å². The number of rotatable bonds is 2. The van der Waals surface area contributed by atoms with E-state index < -0.39 is 0 Å². The molecule has 78 valence electrons. The van der Waals surface area contributed by atoms with E-state index in [-0.39, 0.29) is 11.2 Å². The SMILES string of the molecule is Cc1cc(NCC(C)(C)C)ccc1F. The van der Waals surface area contributed by atoms with Gasteiger partial charge in [0.15, 0.2) is 0 Å². The van der Waals surface area contributed by atoms with Gasteiger partial charge in [0.2, 0.25) is 0 Å². The summed E-state index contributed by atoms with van der Waals surface area (Å²) in [5, 5.41) is 3.29. The second-order valence-electron chi connectivity index (χ2n) is 4.88. The summed E-state index contributed by atoms with van der Waals surface area (Å²) in [5.41, 5.74) is 1.91. The molecular formula is C12H18FN. The molecule has 0 unspecified atom stereocenters. The third kappa shape index (κ3) is 3.36. The lowest BCUT2D eigenvalue weighted by Gasteiger charge is -2.19. The minimum absolute atomic E-state index is 0.147. The van der Waals surface area contributed by atoms with Gasteiger partial charge in [0.1, 0.15) is 5.82 Å². The van der Waals surface area contributed by atoms with Gasteiger partial charge in [-0.25, -0.2) is 4.39 Å². The van der Waals surface area contributed by atoms with Crippen molar-refractivity contribution in [1.29, 1.82) is 0 Å². The quantitative estimate of drug-likeness (QED) is 0.760. The Morgan fingerprint density at radius 1 is 1.29 bits per heavy atom. The predicted octanol–water partition coefficient (Wildman–Crippen LogP) is 3.59. The van der Waals surface area contributed by atoms with E-state index in [1.807, 2.05) is 6.07 Å². The predicted molar refractivity (Wildman–Crippen MR) is 59.1 cm³/mol. The zero-order chi connectivity index (χ0) is 10.8. The van der Waals surface area contributed by atoms with Gasteiger partial charge in [0, 0.05) is 12.2 Å². The Morgan fingerprint density at radius 2 is 1.93 bits per heavy atom. The van der Waals surface area contributed by atoms with E-state index in [4.69, 9.17) is 0 Å². The number of halogens is 1. The van der Waals surface area contributed by atoms with E-state index in [0.29, 0.717) is 5.56 Å². The minimum Gasteiger partial charge on any atom is -0.385 e. The molecule has 0 spiro atoms. The first-order chi connectivity index (χ1) is 6.38. The third-order valence-electron chi connectivity index (χ3n) is 1.98. The molecule has 1 nitrogen and oxygen atoms in total. The van der Waals surface area contributed by atoms with E-state index in [9.17, 15) is 4.39 Å². The zero-order valence-corrected chi connectivity index (χ0v) is 9.32. The highest BCUT2D eigenvalue weighted by molar-refractivity contribution is 5.46. The highest BCUT2D eigenvalue weighted by Gasteiger charge is 2.09. The summed E-state index contributed by atoms with van der Waals surface area (Å²) in [6.45, 7) is 9.15. The molecule has 0 atom stereocenters. The molecule has 0 radical (unpaired) electrons. The molecule has 14 heavy (non-hydrogen) atoms. The average Bonchev–Trinajstić information content (AvgIpc) is 2.06. The topological polar surface area (TPSA) is 12.0 Å². The van der Waals surface area contributed by atoms with Gasteiger partial charge in [-0.3, -0.25) is 0 Å². The van der Waals surface area contributed by atoms with Crippen molar-refractivity contribution < 1.29 is 4.39 Å². The Kier molecular flexibility index (Phi) is 3.14. The maximum atomic E-state index is 12.9. The number of anilines is 1. The Hall–Kier alpha value is -1.05. The summed E-state index contributed by atoms with van der Waals surface area (Å²) in [6.07, 6.45) is 0. The van der Waals surface area contributed by atoms with Gasteiger partial charge in [-0.1, -0.05) is 20.8 Å². The Morgan fingerprint density at radius 3 is 2.43 bits per heavy atom. The molecule has 1 aromatic rings. The van der Waals surface area contributed by atoms with Crippen LogP contribution in [0.15, 0.2) is 18.2 Å². The molecule has 0 heterocycles. The minimum atomic E-state index is -0.147. The molecule has 0 aromatic heterocycles. The number of hydrogen-bond acceptors (Lipinski definition) is 1. The summed E-state index contributed by atoms with van der Waals surface area (Å²) >= 11 is 0. The molecule has 0 aliphatic rings. The van der Waals surface area contributed by atoms with Gasteiger partial charge in [-0.15, -0.1) is 0 Å². The first-order valence-corrected chi connectivity index (χ1v) is 4.88. The standard InChI is InChI=1S/C12H18FN/c1-9-7-10(5-6-11(9)13)14-8-12(2,3)4/h5-7,14H,8H2,1-4H3. The van der Waals surface area contributed by atoms with Crippen LogP contribution in [0.5, 0.6) is 0 Å². The van der Waals surface area contributed by atoms with Crippen LogP contribution in [0.4, 0.5) is 10.1 Å². The van der Waals surface area contributed by atoms with Crippen LogP contribution in [0.1, 0.15) is 26.3 Å². The first-order valence-electron chi connectivity index (χ1n) is 4.88. The number of aryl methyl sites for hydroxylation is 1. The van der Waals surface area contributed by atoms with Crippen LogP contribution in [-0.2, 0) is 0 Å². The summed E-state index contributed by atoms with van der Waals surface area (Å²) in [4.78, 5) is 0. The van der Waals surface area contributed by atoms with Crippen LogP contribution in [0.25, 0.3) is 0 Å². The molecule has 0 amide bonds. The molecule has 1 N–H and O–H groups in total. The molecule has 0 aliphatic carbocycles. The largest absolute Gasteiger partial charge is 0.385 e. The lowest BCUT2D eigenvalue weighted by atomic mass is 9.97. The van der Waals surface area contributed by atoms with Crippen molar-refractivity contribution in [1.82, 2.24) is 0 Å². The summed E-state index contributed by atoms with van der Waals surface area (Å²) in [5.74, 6) is -0.147. The molecular weight excluding hydrogens is 177 g/mol. The van der Waals surface area contributed by atoms with E-state index in [1.54, 1.807) is 13.0 Å². The van der Waals surface area contributed by atoms with Gasteiger partial charge in [-0.05, 0) is 36.1 Å². The first kappa shape index (κ1) is 11.0. The van der Waals surface area contributed by atoms with Crippen LogP contribution in [0, 0.1) is 18.2 Å². The van der Waals surface area contributed by atoms with Gasteiger partial charge in [-0.2, -0.15) is 0 Å². The molecule has 0 saturated heterocycles. The van der Waals surface area contributed by atoms with Crippen LogP contribution >= 0.6 is 0 Å². The molecule has 0 fully saturated rings. The van der Waals surface area contributed by atoms with E-state index in [2.05, 4.69) is 26.1 Å². The highest BCUT2D eigenvalue weighted by Crippen LogP contribution is 2.17. The van der Waals surface area contributed by atoms with Crippen LogP contribution < -0.4 is 5.32 Å². The van der Waals surface area contributed by atoms with Crippen LogP contribution in [0.3, 0.4) is 0 Å². The third-order valence-corrected chi connectivity index (χ3v) is 1.98. The van der Waals surface area contributed by atoms with E-state index >= 15 is 0 Å². The average molecular weight is 195 g/mol. The molecule has 1 aromatic carbocycles. The number of hydrogen-bond donors (Lipinski definition) is 1. The maximum Gasteiger partial charge on any atom is 0.126 e. The second kappa shape index (κ2) is 3.99. The monoisotopic (exact) mass is 195 g/mol. The maximum absolute atomic E-state index is 12.9. The number of nitrogens with one attached hydrogen (secondary N) is 1. The highest BCUT2D eigenvalue weighted by atomic mass is 19.1. The zero-order valence-electron chi connectivity index (χ0n) is 9.32. The molecule has 0 bridgehead atoms. The lowest BCUT2D eigenvalue weighted by Crippen LogP contribution is -2.19. The van der Waals surface area contributed by atoms with Crippen molar-refractivity contribution in [3.05, 3.63) is 29.6 Å². The van der Waals surface area contributed by atoms with E-state index in [1.165, 1.54) is 6.07 Å². The van der Waals surface area contributed by atoms with E-state index in [0.717, 1.165) is 12.2 Å². The molecule has 0 aliphatic heterocycles. The fourth-order valence-electron chi connectivity index (χ4n) is 1.12. The Bertz CT molecular complexity index is 313. The normalized spacial score (nSPS) is 11.5. The second-order valence-corrected chi connectivity index (χ2v) is 4.88. The smallest absolute Gasteiger partial charge is 0.126 e. The van der Waals surface area contributed by atoms with Crippen molar-refractivity contribution >= 4 is 5.69 Å². The summed E-state index contributed by atoms with van der Waals surface area (Å²) in [7, 11) is 0. The fourth-order valence-corrected chi connectivity index (χ4v) is 1.12. The number of benzene rings is 1.